The molecule has 0 aliphatic heterocycles. The number of anilines is 1. The van der Waals surface area contributed by atoms with E-state index in [9.17, 15) is 26.7 Å². The molecule has 0 fully saturated rings. The van der Waals surface area contributed by atoms with E-state index < -0.39 is 36.7 Å². The number of carbonyl (C=O) groups is 1. The van der Waals surface area contributed by atoms with Gasteiger partial charge in [-0.2, -0.15) is 18.3 Å². The molecule has 3 N–H and O–H groups in total. The van der Waals surface area contributed by atoms with Gasteiger partial charge in [0.2, 0.25) is 5.91 Å². The summed E-state index contributed by atoms with van der Waals surface area (Å²) < 4.78 is 66.8. The number of aromatic nitrogens is 3. The van der Waals surface area contributed by atoms with Crippen LogP contribution in [-0.4, -0.2) is 33.2 Å². The molecule has 0 aliphatic rings. The molecule has 0 bridgehead atoms. The molecule has 2 aromatic carbocycles. The van der Waals surface area contributed by atoms with E-state index in [1.165, 1.54) is 16.8 Å². The van der Waals surface area contributed by atoms with Crippen molar-refractivity contribution >= 4 is 29.0 Å². The number of hydrogen-bond donors (Lipinski definition) is 2. The van der Waals surface area contributed by atoms with E-state index in [2.05, 4.69) is 15.4 Å². The Balaban J connectivity index is 1.79. The monoisotopic (exact) mass is 507 g/mol. The van der Waals surface area contributed by atoms with Gasteiger partial charge < -0.3 is 11.1 Å². The number of primary amides is 1. The highest BCUT2D eigenvalue weighted by Crippen LogP contribution is 2.33. The van der Waals surface area contributed by atoms with Gasteiger partial charge in [-0.25, -0.2) is 18.3 Å². The summed E-state index contributed by atoms with van der Waals surface area (Å²) >= 11 is 0.938. The molecule has 0 radical (unpaired) electrons. The van der Waals surface area contributed by atoms with Gasteiger partial charge in [0.15, 0.2) is 5.65 Å². The molecule has 35 heavy (non-hydrogen) atoms. The molecule has 0 atom stereocenters. The van der Waals surface area contributed by atoms with Crippen molar-refractivity contribution in [1.82, 2.24) is 14.6 Å². The SMILES string of the molecule is Cc1cc(-c2cnc3c(NCCC(F)(F)F)cc(Sc4cc(F)cc(F)c4)nn23)ccc1C(N)=O. The van der Waals surface area contributed by atoms with Crippen LogP contribution in [0.2, 0.25) is 0 Å². The minimum Gasteiger partial charge on any atom is -0.382 e. The van der Waals surface area contributed by atoms with Gasteiger partial charge in [0.1, 0.15) is 16.7 Å². The Morgan fingerprint density at radius 1 is 1.11 bits per heavy atom. The second kappa shape index (κ2) is 9.53. The summed E-state index contributed by atoms with van der Waals surface area (Å²) in [5, 5.41) is 7.48. The van der Waals surface area contributed by atoms with Gasteiger partial charge in [-0.15, -0.1) is 0 Å². The summed E-state index contributed by atoms with van der Waals surface area (Å²) in [4.78, 5) is 16.1. The van der Waals surface area contributed by atoms with Crippen LogP contribution < -0.4 is 11.1 Å². The Morgan fingerprint density at radius 2 is 1.83 bits per heavy atom. The van der Waals surface area contributed by atoms with Gasteiger partial charge >= 0.3 is 6.18 Å². The van der Waals surface area contributed by atoms with E-state index in [1.54, 1.807) is 25.1 Å². The maximum Gasteiger partial charge on any atom is 0.390 e. The number of halogens is 5. The number of fused-ring (bicyclic) bond motifs is 1. The lowest BCUT2D eigenvalue weighted by atomic mass is 10.0. The van der Waals surface area contributed by atoms with Gasteiger partial charge in [-0.05, 0) is 42.8 Å². The molecule has 0 unspecified atom stereocenters. The lowest BCUT2D eigenvalue weighted by Gasteiger charge is -2.12. The third-order valence-electron chi connectivity index (χ3n) is 5.02. The molecule has 12 heteroatoms. The summed E-state index contributed by atoms with van der Waals surface area (Å²) in [6.45, 7) is 1.31. The third-order valence-corrected chi connectivity index (χ3v) is 5.90. The summed E-state index contributed by atoms with van der Waals surface area (Å²) in [5.41, 5.74) is 7.98. The van der Waals surface area contributed by atoms with Gasteiger partial charge in [-0.3, -0.25) is 4.79 Å². The van der Waals surface area contributed by atoms with Crippen LogP contribution in [0.15, 0.2) is 58.6 Å². The Morgan fingerprint density at radius 3 is 2.46 bits per heavy atom. The number of alkyl halides is 3. The Hall–Kier alpha value is -3.67. The van der Waals surface area contributed by atoms with Crippen molar-refractivity contribution in [3.05, 3.63) is 71.4 Å². The van der Waals surface area contributed by atoms with Crippen LogP contribution in [0.1, 0.15) is 22.3 Å². The van der Waals surface area contributed by atoms with Gasteiger partial charge in [0.05, 0.1) is 24.0 Å². The molecule has 0 spiro atoms. The van der Waals surface area contributed by atoms with Crippen molar-refractivity contribution in [2.24, 2.45) is 5.73 Å². The fraction of sp³-hybridized carbons (Fsp3) is 0.174. The molecule has 4 aromatic rings. The fourth-order valence-corrected chi connectivity index (χ4v) is 4.35. The van der Waals surface area contributed by atoms with Crippen molar-refractivity contribution in [3.63, 3.8) is 0 Å². The molecule has 4 rings (SSSR count). The lowest BCUT2D eigenvalue weighted by molar-refractivity contribution is -0.131. The molecule has 6 nitrogen and oxygen atoms in total. The van der Waals surface area contributed by atoms with Gasteiger partial charge in [0.25, 0.3) is 0 Å². The van der Waals surface area contributed by atoms with Crippen LogP contribution in [0.3, 0.4) is 0 Å². The van der Waals surface area contributed by atoms with Crippen molar-refractivity contribution in [1.29, 1.82) is 0 Å². The Kier molecular flexibility index (Phi) is 6.66. The van der Waals surface area contributed by atoms with E-state index in [0.29, 0.717) is 22.4 Å². The molecule has 1 amide bonds. The third kappa shape index (κ3) is 5.70. The maximum atomic E-state index is 13.7. The highest BCUT2D eigenvalue weighted by molar-refractivity contribution is 7.99. The minimum atomic E-state index is -4.35. The van der Waals surface area contributed by atoms with Crippen molar-refractivity contribution in [2.45, 2.75) is 29.4 Å². The minimum absolute atomic E-state index is 0.221. The largest absolute Gasteiger partial charge is 0.390 e. The van der Waals surface area contributed by atoms with Gasteiger partial charge in [-0.1, -0.05) is 17.8 Å². The van der Waals surface area contributed by atoms with E-state index in [1.807, 2.05) is 0 Å². The van der Waals surface area contributed by atoms with Crippen LogP contribution >= 0.6 is 11.8 Å². The molecule has 2 heterocycles. The second-order valence-corrected chi connectivity index (χ2v) is 8.76. The number of benzene rings is 2. The smallest absolute Gasteiger partial charge is 0.382 e. The molecule has 0 saturated heterocycles. The zero-order chi connectivity index (χ0) is 25.3. The second-order valence-electron chi connectivity index (χ2n) is 7.67. The predicted octanol–water partition coefficient (Wildman–Crippen LogP) is 5.60. The first-order valence-corrected chi connectivity index (χ1v) is 11.1. The summed E-state index contributed by atoms with van der Waals surface area (Å²) in [6, 6.07) is 9.37. The fourth-order valence-electron chi connectivity index (χ4n) is 3.47. The molecule has 2 aromatic heterocycles. The molecule has 0 saturated carbocycles. The van der Waals surface area contributed by atoms with Crippen molar-refractivity contribution < 1.29 is 26.7 Å². The van der Waals surface area contributed by atoms with Crippen LogP contribution in [0.25, 0.3) is 16.9 Å². The molecular formula is C23H18F5N5OS. The quantitative estimate of drug-likeness (QED) is 0.318. The van der Waals surface area contributed by atoms with Gasteiger partial charge in [0, 0.05) is 28.6 Å². The number of amides is 1. The molecular weight excluding hydrogens is 489 g/mol. The zero-order valence-electron chi connectivity index (χ0n) is 18.2. The number of nitrogens with zero attached hydrogens (tertiary/aromatic N) is 3. The topological polar surface area (TPSA) is 85.3 Å². The summed E-state index contributed by atoms with van der Waals surface area (Å²) in [7, 11) is 0. The first-order valence-electron chi connectivity index (χ1n) is 10.2. The number of hydrogen-bond acceptors (Lipinski definition) is 5. The standard InChI is InChI=1S/C23H18F5N5OS/c1-12-6-13(2-3-17(12)21(29)34)19-11-31-22-18(30-5-4-23(26,27)28)10-20(32-33(19)22)35-16-8-14(24)7-15(25)9-16/h2-3,6-11,30H,4-5H2,1H3,(H2,29,34). The van der Waals surface area contributed by atoms with Crippen molar-refractivity contribution in [3.8, 4) is 11.3 Å². The first-order chi connectivity index (χ1) is 16.5. The number of aryl methyl sites for hydroxylation is 1. The van der Waals surface area contributed by atoms with Crippen LogP contribution in [0, 0.1) is 18.6 Å². The van der Waals surface area contributed by atoms with Crippen molar-refractivity contribution in [2.75, 3.05) is 11.9 Å². The van der Waals surface area contributed by atoms with Crippen LogP contribution in [-0.2, 0) is 0 Å². The first kappa shape index (κ1) is 24.5. The predicted molar refractivity (Wildman–Crippen MR) is 121 cm³/mol. The number of rotatable bonds is 7. The van der Waals surface area contributed by atoms with E-state index >= 15 is 0 Å². The number of imidazole rings is 1. The van der Waals surface area contributed by atoms with E-state index in [-0.39, 0.29) is 21.3 Å². The highest BCUT2D eigenvalue weighted by atomic mass is 32.2. The maximum absolute atomic E-state index is 13.7. The number of nitrogens with one attached hydrogen (secondary N) is 1. The highest BCUT2D eigenvalue weighted by Gasteiger charge is 2.26. The van der Waals surface area contributed by atoms with Crippen LogP contribution in [0.4, 0.5) is 27.6 Å². The van der Waals surface area contributed by atoms with Crippen LogP contribution in [0.5, 0.6) is 0 Å². The molecule has 182 valence electrons. The molecule has 0 aliphatic carbocycles. The number of nitrogens with two attached hydrogens (primary N) is 1. The average molecular weight is 507 g/mol. The van der Waals surface area contributed by atoms with E-state index in [4.69, 9.17) is 5.73 Å². The Labute approximate surface area is 200 Å². The summed E-state index contributed by atoms with van der Waals surface area (Å²) in [5.74, 6) is -2.13. The Bertz CT molecular complexity index is 1400. The number of carbonyl (C=O) groups excluding carboxylic acids is 1. The zero-order valence-corrected chi connectivity index (χ0v) is 19.0. The average Bonchev–Trinajstić information content (AvgIpc) is 3.16. The lowest BCUT2D eigenvalue weighted by Crippen LogP contribution is -2.15. The summed E-state index contributed by atoms with van der Waals surface area (Å²) in [6.07, 6.45) is -3.93. The normalized spacial score (nSPS) is 11.7. The van der Waals surface area contributed by atoms with E-state index in [0.717, 1.165) is 30.0 Å².